The minimum absolute atomic E-state index is 0.469. The molecule has 14 heavy (non-hydrogen) atoms. The monoisotopic (exact) mass is 192 g/mol. The quantitative estimate of drug-likeness (QED) is 0.553. The molecular weight excluding hydrogens is 176 g/mol. The average molecular weight is 192 g/mol. The molecule has 0 aromatic carbocycles. The van der Waals surface area contributed by atoms with Gasteiger partial charge >= 0.3 is 0 Å². The second-order valence-electron chi connectivity index (χ2n) is 2.97. The molecule has 0 aliphatic heterocycles. The molecule has 0 saturated carbocycles. The lowest BCUT2D eigenvalue weighted by Gasteiger charge is -2.04. The predicted octanol–water partition coefficient (Wildman–Crippen LogP) is 1.89. The van der Waals surface area contributed by atoms with Gasteiger partial charge in [-0.15, -0.1) is 6.58 Å². The first kappa shape index (κ1) is 10.7. The molecule has 0 saturated heterocycles. The van der Waals surface area contributed by atoms with Crippen LogP contribution in [-0.4, -0.2) is 11.6 Å². The predicted molar refractivity (Wildman–Crippen MR) is 57.1 cm³/mol. The standard InChI is InChI=1S/C11H16N2O/c1-2-3-4-7-14-11-6-5-10(8-12)13-9-11/h2,5-6,9H,1,3-4,7-8,12H2. The summed E-state index contributed by atoms with van der Waals surface area (Å²) in [5.41, 5.74) is 6.30. The van der Waals surface area contributed by atoms with Crippen molar-refractivity contribution in [3.05, 3.63) is 36.7 Å². The lowest BCUT2D eigenvalue weighted by Crippen LogP contribution is -2.01. The first-order valence-electron chi connectivity index (χ1n) is 4.75. The maximum atomic E-state index is 5.46. The third-order valence-electron chi connectivity index (χ3n) is 1.83. The average Bonchev–Trinajstić information content (AvgIpc) is 2.25. The topological polar surface area (TPSA) is 48.1 Å². The fraction of sp³-hybridized carbons (Fsp3) is 0.364. The second kappa shape index (κ2) is 6.16. The minimum atomic E-state index is 0.469. The fourth-order valence-corrected chi connectivity index (χ4v) is 1.03. The van der Waals surface area contributed by atoms with E-state index >= 15 is 0 Å². The van der Waals surface area contributed by atoms with Crippen LogP contribution in [0.25, 0.3) is 0 Å². The molecular formula is C11H16N2O. The van der Waals surface area contributed by atoms with E-state index in [-0.39, 0.29) is 0 Å². The van der Waals surface area contributed by atoms with Gasteiger partial charge in [0, 0.05) is 6.54 Å². The largest absolute Gasteiger partial charge is 0.492 e. The van der Waals surface area contributed by atoms with Gasteiger partial charge in [-0.25, -0.2) is 0 Å². The molecule has 0 aliphatic rings. The van der Waals surface area contributed by atoms with E-state index in [1.54, 1.807) is 6.20 Å². The van der Waals surface area contributed by atoms with Crippen molar-refractivity contribution in [2.24, 2.45) is 5.73 Å². The molecule has 0 bridgehead atoms. The molecule has 0 unspecified atom stereocenters. The Balaban J connectivity index is 2.32. The molecule has 3 heteroatoms. The zero-order valence-electron chi connectivity index (χ0n) is 8.28. The summed E-state index contributed by atoms with van der Waals surface area (Å²) in [6.07, 6.45) is 5.56. The Morgan fingerprint density at radius 3 is 2.93 bits per heavy atom. The number of nitrogens with zero attached hydrogens (tertiary/aromatic N) is 1. The lowest BCUT2D eigenvalue weighted by atomic mass is 10.3. The number of unbranched alkanes of at least 4 members (excludes halogenated alkanes) is 1. The van der Waals surface area contributed by atoms with Gasteiger partial charge in [0.1, 0.15) is 5.75 Å². The van der Waals surface area contributed by atoms with Crippen molar-refractivity contribution >= 4 is 0 Å². The zero-order chi connectivity index (χ0) is 10.2. The third-order valence-corrected chi connectivity index (χ3v) is 1.83. The maximum absolute atomic E-state index is 5.46. The van der Waals surface area contributed by atoms with Crippen molar-refractivity contribution in [1.29, 1.82) is 0 Å². The summed E-state index contributed by atoms with van der Waals surface area (Å²) in [7, 11) is 0. The number of hydrogen-bond donors (Lipinski definition) is 1. The van der Waals surface area contributed by atoms with E-state index in [0.717, 1.165) is 24.3 Å². The van der Waals surface area contributed by atoms with E-state index < -0.39 is 0 Å². The van der Waals surface area contributed by atoms with Crippen LogP contribution in [0.1, 0.15) is 18.5 Å². The van der Waals surface area contributed by atoms with Crippen molar-refractivity contribution in [1.82, 2.24) is 4.98 Å². The Kier molecular flexibility index (Phi) is 4.72. The molecule has 0 amide bonds. The maximum Gasteiger partial charge on any atom is 0.137 e. The second-order valence-corrected chi connectivity index (χ2v) is 2.97. The lowest BCUT2D eigenvalue weighted by molar-refractivity contribution is 0.311. The van der Waals surface area contributed by atoms with Crippen LogP contribution in [0.2, 0.25) is 0 Å². The smallest absolute Gasteiger partial charge is 0.137 e. The van der Waals surface area contributed by atoms with Gasteiger partial charge in [0.15, 0.2) is 0 Å². The highest BCUT2D eigenvalue weighted by Crippen LogP contribution is 2.09. The SMILES string of the molecule is C=CCCCOc1ccc(CN)nc1. The number of rotatable bonds is 6. The minimum Gasteiger partial charge on any atom is -0.492 e. The first-order chi connectivity index (χ1) is 6.86. The number of ether oxygens (including phenoxy) is 1. The van der Waals surface area contributed by atoms with Crippen molar-refractivity contribution in [2.75, 3.05) is 6.61 Å². The van der Waals surface area contributed by atoms with Crippen molar-refractivity contribution in [3.8, 4) is 5.75 Å². The van der Waals surface area contributed by atoms with Gasteiger partial charge in [0.2, 0.25) is 0 Å². The number of allylic oxidation sites excluding steroid dienone is 1. The summed E-state index contributed by atoms with van der Waals surface area (Å²) in [4.78, 5) is 4.13. The van der Waals surface area contributed by atoms with Crippen LogP contribution in [0, 0.1) is 0 Å². The van der Waals surface area contributed by atoms with Crippen LogP contribution in [-0.2, 0) is 6.54 Å². The van der Waals surface area contributed by atoms with Crippen LogP contribution in [0.15, 0.2) is 31.0 Å². The van der Waals surface area contributed by atoms with Crippen LogP contribution in [0.3, 0.4) is 0 Å². The molecule has 1 heterocycles. The highest BCUT2D eigenvalue weighted by Gasteiger charge is 1.94. The zero-order valence-corrected chi connectivity index (χ0v) is 8.28. The number of pyridine rings is 1. The van der Waals surface area contributed by atoms with E-state index in [0.29, 0.717) is 13.2 Å². The molecule has 0 radical (unpaired) electrons. The first-order valence-corrected chi connectivity index (χ1v) is 4.75. The van der Waals surface area contributed by atoms with E-state index in [1.807, 2.05) is 18.2 Å². The third kappa shape index (κ3) is 3.58. The van der Waals surface area contributed by atoms with Gasteiger partial charge in [-0.3, -0.25) is 4.98 Å². The van der Waals surface area contributed by atoms with E-state index in [2.05, 4.69) is 11.6 Å². The van der Waals surface area contributed by atoms with Gasteiger partial charge in [-0.05, 0) is 25.0 Å². The Morgan fingerprint density at radius 2 is 2.36 bits per heavy atom. The highest BCUT2D eigenvalue weighted by molar-refractivity contribution is 5.19. The molecule has 0 spiro atoms. The molecule has 2 N–H and O–H groups in total. The van der Waals surface area contributed by atoms with Crippen molar-refractivity contribution in [2.45, 2.75) is 19.4 Å². The summed E-state index contributed by atoms with van der Waals surface area (Å²) >= 11 is 0. The summed E-state index contributed by atoms with van der Waals surface area (Å²) in [5.74, 6) is 0.797. The van der Waals surface area contributed by atoms with Crippen LogP contribution < -0.4 is 10.5 Å². The van der Waals surface area contributed by atoms with Gasteiger partial charge < -0.3 is 10.5 Å². The molecule has 76 valence electrons. The van der Waals surface area contributed by atoms with E-state index in [4.69, 9.17) is 10.5 Å². The molecule has 1 rings (SSSR count). The van der Waals surface area contributed by atoms with E-state index in [1.165, 1.54) is 0 Å². The summed E-state index contributed by atoms with van der Waals surface area (Å²) in [5, 5.41) is 0. The van der Waals surface area contributed by atoms with Crippen molar-refractivity contribution in [3.63, 3.8) is 0 Å². The molecule has 0 aliphatic carbocycles. The number of nitrogens with two attached hydrogens (primary N) is 1. The highest BCUT2D eigenvalue weighted by atomic mass is 16.5. The van der Waals surface area contributed by atoms with Crippen LogP contribution in [0.4, 0.5) is 0 Å². The van der Waals surface area contributed by atoms with Crippen LogP contribution >= 0.6 is 0 Å². The Hall–Kier alpha value is -1.35. The van der Waals surface area contributed by atoms with Crippen LogP contribution in [0.5, 0.6) is 5.75 Å². The Labute approximate surface area is 84.6 Å². The van der Waals surface area contributed by atoms with Crippen molar-refractivity contribution < 1.29 is 4.74 Å². The fourth-order valence-electron chi connectivity index (χ4n) is 1.03. The van der Waals surface area contributed by atoms with Gasteiger partial charge in [-0.1, -0.05) is 6.08 Å². The number of hydrogen-bond acceptors (Lipinski definition) is 3. The number of aromatic nitrogens is 1. The summed E-state index contributed by atoms with van der Waals surface area (Å²) in [6.45, 7) is 4.82. The molecule has 0 fully saturated rings. The van der Waals surface area contributed by atoms with E-state index in [9.17, 15) is 0 Å². The summed E-state index contributed by atoms with van der Waals surface area (Å²) in [6, 6.07) is 3.77. The molecule has 1 aromatic rings. The molecule has 3 nitrogen and oxygen atoms in total. The Bertz CT molecular complexity index is 269. The molecule has 0 atom stereocenters. The molecule has 1 aromatic heterocycles. The van der Waals surface area contributed by atoms with Gasteiger partial charge in [-0.2, -0.15) is 0 Å². The normalized spacial score (nSPS) is 9.79. The Morgan fingerprint density at radius 1 is 1.50 bits per heavy atom. The summed E-state index contributed by atoms with van der Waals surface area (Å²) < 4.78 is 5.46. The van der Waals surface area contributed by atoms with Gasteiger partial charge in [0.25, 0.3) is 0 Å². The van der Waals surface area contributed by atoms with Gasteiger partial charge in [0.05, 0.1) is 18.5 Å².